The van der Waals surface area contributed by atoms with Gasteiger partial charge in [0, 0.05) is 18.2 Å². The van der Waals surface area contributed by atoms with Crippen LogP contribution in [-0.2, 0) is 9.59 Å². The molecule has 0 aromatic heterocycles. The zero-order valence-electron chi connectivity index (χ0n) is 19.4. The molecular formula is C26H34N2O4. The number of benzene rings is 1. The van der Waals surface area contributed by atoms with Crippen molar-refractivity contribution < 1.29 is 19.1 Å². The minimum atomic E-state index is -0.466. The summed E-state index contributed by atoms with van der Waals surface area (Å²) in [7, 11) is 0. The fraction of sp³-hybridized carbons (Fsp3) is 0.692. The third-order valence-corrected chi connectivity index (χ3v) is 9.03. The molecule has 5 fully saturated rings. The van der Waals surface area contributed by atoms with Gasteiger partial charge in [0.1, 0.15) is 0 Å². The van der Waals surface area contributed by atoms with E-state index in [-0.39, 0.29) is 36.1 Å². The number of para-hydroxylation sites is 1. The lowest BCUT2D eigenvalue weighted by Crippen LogP contribution is -2.71. The topological polar surface area (TPSA) is 67.9 Å². The lowest BCUT2D eigenvalue weighted by molar-refractivity contribution is -0.199. The first-order valence-electron chi connectivity index (χ1n) is 12.4. The number of carbonyl (C=O) groups is 2. The van der Waals surface area contributed by atoms with E-state index in [2.05, 4.69) is 37.1 Å². The predicted octanol–water partition coefficient (Wildman–Crippen LogP) is 4.05. The summed E-state index contributed by atoms with van der Waals surface area (Å²) in [5.74, 6) is 3.50. The normalized spacial score (nSPS) is 38.0. The van der Waals surface area contributed by atoms with Gasteiger partial charge in [-0.2, -0.15) is 0 Å². The molecular weight excluding hydrogens is 404 g/mol. The highest BCUT2D eigenvalue weighted by Crippen LogP contribution is 2.65. The summed E-state index contributed by atoms with van der Waals surface area (Å²) in [5, 5.41) is 3.20. The van der Waals surface area contributed by atoms with Crippen molar-refractivity contribution in [2.75, 3.05) is 13.3 Å². The van der Waals surface area contributed by atoms with Crippen LogP contribution >= 0.6 is 0 Å². The van der Waals surface area contributed by atoms with Gasteiger partial charge in [0.15, 0.2) is 11.5 Å². The lowest BCUT2D eigenvalue weighted by atomic mass is 9.46. The molecule has 2 amide bonds. The molecule has 4 bridgehead atoms. The maximum absolute atomic E-state index is 13.5. The summed E-state index contributed by atoms with van der Waals surface area (Å²) in [5.41, 5.74) is 0.381. The number of fused-ring (bicyclic) bond motifs is 1. The van der Waals surface area contributed by atoms with Crippen molar-refractivity contribution in [3.8, 4) is 11.5 Å². The molecule has 1 aromatic carbocycles. The molecule has 7 rings (SSSR count). The van der Waals surface area contributed by atoms with Crippen LogP contribution in [0.15, 0.2) is 18.2 Å². The number of carbonyl (C=O) groups excluding carboxylic acids is 2. The second-order valence-corrected chi connectivity index (χ2v) is 11.4. The van der Waals surface area contributed by atoms with Crippen LogP contribution in [0.25, 0.3) is 0 Å². The molecule has 6 aliphatic rings. The number of nitrogens with zero attached hydrogens (tertiary/aromatic N) is 1. The van der Waals surface area contributed by atoms with Gasteiger partial charge < -0.3 is 19.7 Å². The first kappa shape index (κ1) is 20.4. The number of ether oxygens (including phenoxy) is 2. The van der Waals surface area contributed by atoms with Gasteiger partial charge in [0.05, 0.1) is 16.9 Å². The van der Waals surface area contributed by atoms with E-state index in [0.717, 1.165) is 62.1 Å². The van der Waals surface area contributed by atoms with Gasteiger partial charge in [-0.15, -0.1) is 0 Å². The van der Waals surface area contributed by atoms with E-state index in [4.69, 9.17) is 9.47 Å². The van der Waals surface area contributed by atoms with Crippen molar-refractivity contribution in [2.24, 2.45) is 28.6 Å². The Morgan fingerprint density at radius 3 is 2.62 bits per heavy atom. The Labute approximate surface area is 190 Å². The van der Waals surface area contributed by atoms with Crippen molar-refractivity contribution in [3.05, 3.63) is 23.8 Å². The van der Waals surface area contributed by atoms with Crippen LogP contribution in [0.1, 0.15) is 70.9 Å². The first-order valence-corrected chi connectivity index (χ1v) is 12.4. The van der Waals surface area contributed by atoms with E-state index in [1.54, 1.807) is 0 Å². The van der Waals surface area contributed by atoms with Crippen molar-refractivity contribution in [2.45, 2.75) is 71.4 Å². The van der Waals surface area contributed by atoms with Crippen LogP contribution in [0.5, 0.6) is 11.5 Å². The molecule has 6 heteroatoms. The fourth-order valence-corrected chi connectivity index (χ4v) is 8.02. The zero-order chi connectivity index (χ0) is 22.3. The summed E-state index contributed by atoms with van der Waals surface area (Å²) in [6.07, 6.45) is 6.13. The van der Waals surface area contributed by atoms with E-state index in [9.17, 15) is 9.59 Å². The Morgan fingerprint density at radius 2 is 1.91 bits per heavy atom. The minimum Gasteiger partial charge on any atom is -0.454 e. The van der Waals surface area contributed by atoms with E-state index < -0.39 is 5.41 Å². The molecule has 4 aliphatic carbocycles. The number of amides is 2. The van der Waals surface area contributed by atoms with Gasteiger partial charge in [-0.3, -0.25) is 9.59 Å². The Balaban J connectivity index is 1.33. The highest BCUT2D eigenvalue weighted by atomic mass is 16.7. The maximum Gasteiger partial charge on any atom is 0.231 e. The van der Waals surface area contributed by atoms with E-state index in [1.165, 1.54) is 0 Å². The molecule has 1 N–H and O–H groups in total. The standard InChI is InChI=1S/C26H34N2O4/c1-4-8-27-23(29)26-11-15-9-16(12-26)20(17(10-15)13-26)28-22(25(2,3)24(28)30)18-6-5-7-19-21(18)32-14-31-19/h5-7,15-17,20,22H,4,8-14H2,1-3H3,(H,27,29)/t15?,16-,17?,20-,22?,26-/m0/s1. The van der Waals surface area contributed by atoms with Crippen molar-refractivity contribution >= 4 is 11.8 Å². The minimum absolute atomic E-state index is 0.0148. The molecule has 6 nitrogen and oxygen atoms in total. The van der Waals surface area contributed by atoms with Crippen molar-refractivity contribution in [1.82, 2.24) is 10.2 Å². The SMILES string of the molecule is CCCNC(=O)[C@]12CC3CC(C1)[C@@H](N1C(=O)C(C)(C)C1c1cccc4c1OCO4)[C@@H](C3)C2. The second-order valence-electron chi connectivity index (χ2n) is 11.4. The van der Waals surface area contributed by atoms with Crippen LogP contribution in [0.4, 0.5) is 0 Å². The van der Waals surface area contributed by atoms with Crippen LogP contribution in [0, 0.1) is 28.6 Å². The number of likely N-dealkylation sites (tertiary alicyclic amines) is 1. The van der Waals surface area contributed by atoms with Gasteiger partial charge >= 0.3 is 0 Å². The molecule has 32 heavy (non-hydrogen) atoms. The summed E-state index contributed by atoms with van der Waals surface area (Å²) in [4.78, 5) is 28.9. The average Bonchev–Trinajstić information content (AvgIpc) is 3.25. The van der Waals surface area contributed by atoms with E-state index >= 15 is 0 Å². The van der Waals surface area contributed by atoms with Crippen LogP contribution in [0.2, 0.25) is 0 Å². The largest absolute Gasteiger partial charge is 0.454 e. The smallest absolute Gasteiger partial charge is 0.231 e. The highest BCUT2D eigenvalue weighted by molar-refractivity contribution is 5.91. The molecule has 0 spiro atoms. The van der Waals surface area contributed by atoms with Crippen LogP contribution < -0.4 is 14.8 Å². The first-order chi connectivity index (χ1) is 15.4. The molecule has 4 saturated carbocycles. The van der Waals surface area contributed by atoms with Crippen molar-refractivity contribution in [1.29, 1.82) is 0 Å². The molecule has 6 atom stereocenters. The third kappa shape index (κ3) is 2.64. The van der Waals surface area contributed by atoms with E-state index in [1.807, 2.05) is 12.1 Å². The molecule has 1 aromatic rings. The fourth-order valence-electron chi connectivity index (χ4n) is 8.02. The third-order valence-electron chi connectivity index (χ3n) is 9.03. The number of β-lactam (4-membered cyclic amide) rings is 1. The molecule has 2 aliphatic heterocycles. The average molecular weight is 439 g/mol. The van der Waals surface area contributed by atoms with Gasteiger partial charge in [0.2, 0.25) is 18.6 Å². The number of hydrogen-bond acceptors (Lipinski definition) is 4. The molecule has 2 heterocycles. The van der Waals surface area contributed by atoms with Gasteiger partial charge in [-0.1, -0.05) is 19.1 Å². The summed E-state index contributed by atoms with van der Waals surface area (Å²) >= 11 is 0. The number of hydrogen-bond donors (Lipinski definition) is 1. The molecule has 172 valence electrons. The van der Waals surface area contributed by atoms with Gasteiger partial charge in [0.25, 0.3) is 0 Å². The Morgan fingerprint density at radius 1 is 1.16 bits per heavy atom. The quantitative estimate of drug-likeness (QED) is 0.705. The molecule has 0 radical (unpaired) electrons. The number of rotatable bonds is 5. The molecule has 3 unspecified atom stereocenters. The predicted molar refractivity (Wildman–Crippen MR) is 119 cm³/mol. The van der Waals surface area contributed by atoms with Crippen LogP contribution in [-0.4, -0.2) is 36.1 Å². The molecule has 1 saturated heterocycles. The zero-order valence-corrected chi connectivity index (χ0v) is 19.4. The monoisotopic (exact) mass is 438 g/mol. The Kier molecular flexibility index (Phi) is 4.38. The van der Waals surface area contributed by atoms with Gasteiger partial charge in [-0.25, -0.2) is 0 Å². The highest BCUT2D eigenvalue weighted by Gasteiger charge is 2.66. The van der Waals surface area contributed by atoms with Gasteiger partial charge in [-0.05, 0) is 76.2 Å². The summed E-state index contributed by atoms with van der Waals surface area (Å²) in [6, 6.07) is 6.24. The summed E-state index contributed by atoms with van der Waals surface area (Å²) < 4.78 is 11.5. The second kappa shape index (κ2) is 6.88. The van der Waals surface area contributed by atoms with Crippen LogP contribution in [0.3, 0.4) is 0 Å². The Bertz CT molecular complexity index is 957. The Hall–Kier alpha value is -2.24. The van der Waals surface area contributed by atoms with E-state index in [0.29, 0.717) is 17.8 Å². The van der Waals surface area contributed by atoms with Crippen molar-refractivity contribution in [3.63, 3.8) is 0 Å². The summed E-state index contributed by atoms with van der Waals surface area (Å²) in [6.45, 7) is 7.21. The maximum atomic E-state index is 13.5. The number of nitrogens with one attached hydrogen (secondary N) is 1. The lowest BCUT2D eigenvalue weighted by Gasteiger charge is -2.66.